The summed E-state index contributed by atoms with van der Waals surface area (Å²) in [6.07, 6.45) is 0.686. The Labute approximate surface area is 115 Å². The predicted molar refractivity (Wildman–Crippen MR) is 70.1 cm³/mol. The molecular weight excluding hydrogens is 262 g/mol. The summed E-state index contributed by atoms with van der Waals surface area (Å²) >= 11 is 0. The summed E-state index contributed by atoms with van der Waals surface area (Å²) in [5.41, 5.74) is 5.49. The third-order valence-corrected chi connectivity index (χ3v) is 2.61. The number of primary amides is 1. The van der Waals surface area contributed by atoms with Crippen molar-refractivity contribution in [2.24, 2.45) is 5.73 Å². The lowest BCUT2D eigenvalue weighted by Gasteiger charge is -2.14. The van der Waals surface area contributed by atoms with Crippen LogP contribution in [0.3, 0.4) is 0 Å². The van der Waals surface area contributed by atoms with E-state index in [-0.39, 0.29) is 11.9 Å². The molecule has 8 nitrogen and oxygen atoms in total. The van der Waals surface area contributed by atoms with Gasteiger partial charge in [0, 0.05) is 13.2 Å². The van der Waals surface area contributed by atoms with Gasteiger partial charge in [-0.25, -0.2) is 9.78 Å². The first-order chi connectivity index (χ1) is 9.61. The molecule has 0 spiro atoms. The maximum atomic E-state index is 10.7. The minimum Gasteiger partial charge on any atom is -0.391 e. The number of nitrogens with zero attached hydrogens (tertiary/aromatic N) is 4. The van der Waals surface area contributed by atoms with Crippen molar-refractivity contribution in [2.45, 2.75) is 13.0 Å². The number of amides is 1. The Morgan fingerprint density at radius 1 is 1.50 bits per heavy atom. The number of carbonyl (C=O) groups is 1. The van der Waals surface area contributed by atoms with Gasteiger partial charge in [-0.3, -0.25) is 0 Å². The van der Waals surface area contributed by atoms with E-state index in [9.17, 15) is 4.79 Å². The number of pyridine rings is 1. The largest absolute Gasteiger partial charge is 0.411 e. The second-order valence-electron chi connectivity index (χ2n) is 4.15. The summed E-state index contributed by atoms with van der Waals surface area (Å²) in [5, 5.41) is 7.91. The summed E-state index contributed by atoms with van der Waals surface area (Å²) < 4.78 is 11.7. The van der Waals surface area contributed by atoms with Crippen molar-refractivity contribution in [1.82, 2.24) is 19.7 Å². The van der Waals surface area contributed by atoms with Crippen LogP contribution in [0.4, 0.5) is 4.79 Å². The van der Waals surface area contributed by atoms with Crippen LogP contribution in [0, 0.1) is 0 Å². The minimum absolute atomic E-state index is 0.0486. The Kier molecular flexibility index (Phi) is 4.26. The lowest BCUT2D eigenvalue weighted by molar-refractivity contribution is 0.162. The van der Waals surface area contributed by atoms with E-state index in [4.69, 9.17) is 15.2 Å². The van der Waals surface area contributed by atoms with Crippen molar-refractivity contribution in [1.29, 1.82) is 0 Å². The van der Waals surface area contributed by atoms with E-state index >= 15 is 0 Å². The summed E-state index contributed by atoms with van der Waals surface area (Å²) in [7, 11) is 1.63. The van der Waals surface area contributed by atoms with Crippen molar-refractivity contribution in [3.05, 3.63) is 24.5 Å². The van der Waals surface area contributed by atoms with Gasteiger partial charge in [-0.15, -0.1) is 10.2 Å². The molecule has 0 aliphatic carbocycles. The van der Waals surface area contributed by atoms with Crippen LogP contribution in [0.15, 0.2) is 24.5 Å². The standard InChI is InChI=1S/C12H15N5O3/c1-8(6-19-2)17-7-14-16-11(17)9-4-3-5-10(15-9)20-12(13)18/h3-5,7-8H,6H2,1-2H3,(H2,13,18)/t8-/m1/s1. The van der Waals surface area contributed by atoms with Crippen LogP contribution >= 0.6 is 0 Å². The van der Waals surface area contributed by atoms with E-state index < -0.39 is 6.09 Å². The molecule has 2 heterocycles. The number of methoxy groups -OCH3 is 1. The summed E-state index contributed by atoms with van der Waals surface area (Å²) in [6, 6.07) is 5.02. The highest BCUT2D eigenvalue weighted by Gasteiger charge is 2.14. The van der Waals surface area contributed by atoms with E-state index in [1.54, 1.807) is 25.6 Å². The molecule has 2 aromatic heterocycles. The number of hydrogen-bond donors (Lipinski definition) is 1. The topological polar surface area (TPSA) is 105 Å². The summed E-state index contributed by atoms with van der Waals surface area (Å²) in [6.45, 7) is 2.49. The Morgan fingerprint density at radius 3 is 3.00 bits per heavy atom. The normalized spacial score (nSPS) is 12.1. The monoisotopic (exact) mass is 277 g/mol. The van der Waals surface area contributed by atoms with Crippen molar-refractivity contribution in [3.8, 4) is 17.4 Å². The third-order valence-electron chi connectivity index (χ3n) is 2.61. The quantitative estimate of drug-likeness (QED) is 0.874. The molecule has 0 fully saturated rings. The number of carbonyl (C=O) groups excluding carboxylic acids is 1. The maximum absolute atomic E-state index is 10.7. The number of aromatic nitrogens is 4. The highest BCUT2D eigenvalue weighted by atomic mass is 16.6. The van der Waals surface area contributed by atoms with Crippen LogP contribution in [0.5, 0.6) is 5.88 Å². The van der Waals surface area contributed by atoms with Crippen LogP contribution in [-0.4, -0.2) is 39.6 Å². The Hall–Kier alpha value is -2.48. The molecule has 0 unspecified atom stereocenters. The molecule has 0 aromatic carbocycles. The summed E-state index contributed by atoms with van der Waals surface area (Å²) in [4.78, 5) is 14.9. The van der Waals surface area contributed by atoms with Gasteiger partial charge in [0.15, 0.2) is 5.82 Å². The van der Waals surface area contributed by atoms with E-state index in [1.165, 1.54) is 6.07 Å². The molecular formula is C12H15N5O3. The van der Waals surface area contributed by atoms with Gasteiger partial charge in [-0.05, 0) is 13.0 Å². The first-order valence-electron chi connectivity index (χ1n) is 5.95. The molecule has 106 valence electrons. The fourth-order valence-corrected chi connectivity index (χ4v) is 1.77. The first kappa shape index (κ1) is 13.9. The predicted octanol–water partition coefficient (Wildman–Crippen LogP) is 1.00. The molecule has 20 heavy (non-hydrogen) atoms. The average molecular weight is 277 g/mol. The molecule has 1 atom stereocenters. The highest BCUT2D eigenvalue weighted by molar-refractivity contribution is 5.67. The fourth-order valence-electron chi connectivity index (χ4n) is 1.77. The third kappa shape index (κ3) is 3.09. The second-order valence-corrected chi connectivity index (χ2v) is 4.15. The van der Waals surface area contributed by atoms with E-state index in [2.05, 4.69) is 15.2 Å². The van der Waals surface area contributed by atoms with Gasteiger partial charge in [0.05, 0.1) is 12.6 Å². The van der Waals surface area contributed by atoms with Crippen molar-refractivity contribution in [3.63, 3.8) is 0 Å². The molecule has 2 rings (SSSR count). The number of ether oxygens (including phenoxy) is 2. The van der Waals surface area contributed by atoms with E-state index in [1.807, 2.05) is 11.5 Å². The zero-order valence-corrected chi connectivity index (χ0v) is 11.2. The molecule has 2 aromatic rings. The molecule has 0 bridgehead atoms. The molecule has 0 aliphatic heterocycles. The van der Waals surface area contributed by atoms with Crippen LogP contribution in [0.1, 0.15) is 13.0 Å². The molecule has 0 aliphatic rings. The lowest BCUT2D eigenvalue weighted by atomic mass is 10.3. The number of nitrogens with two attached hydrogens (primary N) is 1. The molecule has 0 saturated carbocycles. The van der Waals surface area contributed by atoms with Gasteiger partial charge < -0.3 is 19.8 Å². The van der Waals surface area contributed by atoms with Crippen molar-refractivity contribution >= 4 is 6.09 Å². The van der Waals surface area contributed by atoms with Gasteiger partial charge in [0.2, 0.25) is 5.88 Å². The average Bonchev–Trinajstić information content (AvgIpc) is 2.87. The zero-order chi connectivity index (χ0) is 14.5. The fraction of sp³-hybridized carbons (Fsp3) is 0.333. The van der Waals surface area contributed by atoms with E-state index in [0.717, 1.165) is 0 Å². The maximum Gasteiger partial charge on any atom is 0.411 e. The molecule has 8 heteroatoms. The smallest absolute Gasteiger partial charge is 0.391 e. The first-order valence-corrected chi connectivity index (χ1v) is 5.95. The van der Waals surface area contributed by atoms with Crippen LogP contribution in [0.2, 0.25) is 0 Å². The van der Waals surface area contributed by atoms with Crippen LogP contribution < -0.4 is 10.5 Å². The Morgan fingerprint density at radius 2 is 2.30 bits per heavy atom. The summed E-state index contributed by atoms with van der Waals surface area (Å²) in [5.74, 6) is 0.674. The SMILES string of the molecule is COC[C@@H](C)n1cnnc1-c1cccc(OC(N)=O)n1. The molecule has 0 radical (unpaired) electrons. The second kappa shape index (κ2) is 6.11. The minimum atomic E-state index is -0.913. The highest BCUT2D eigenvalue weighted by Crippen LogP contribution is 2.20. The lowest BCUT2D eigenvalue weighted by Crippen LogP contribution is -2.17. The van der Waals surface area contributed by atoms with Gasteiger partial charge in [0.25, 0.3) is 0 Å². The van der Waals surface area contributed by atoms with Crippen molar-refractivity contribution in [2.75, 3.05) is 13.7 Å². The Bertz CT molecular complexity index is 598. The van der Waals surface area contributed by atoms with Crippen LogP contribution in [-0.2, 0) is 4.74 Å². The van der Waals surface area contributed by atoms with E-state index in [0.29, 0.717) is 18.1 Å². The van der Waals surface area contributed by atoms with Crippen molar-refractivity contribution < 1.29 is 14.3 Å². The van der Waals surface area contributed by atoms with Crippen LogP contribution in [0.25, 0.3) is 11.5 Å². The number of hydrogen-bond acceptors (Lipinski definition) is 6. The van der Waals surface area contributed by atoms with Gasteiger partial charge >= 0.3 is 6.09 Å². The Balaban J connectivity index is 2.32. The number of rotatable bonds is 5. The zero-order valence-electron chi connectivity index (χ0n) is 11.2. The molecule has 2 N–H and O–H groups in total. The van der Waals surface area contributed by atoms with Gasteiger partial charge in [-0.2, -0.15) is 0 Å². The van der Waals surface area contributed by atoms with Gasteiger partial charge in [-0.1, -0.05) is 6.07 Å². The molecule has 0 saturated heterocycles. The molecule has 1 amide bonds. The van der Waals surface area contributed by atoms with Gasteiger partial charge in [0.1, 0.15) is 12.0 Å².